The van der Waals surface area contributed by atoms with Gasteiger partial charge in [-0.05, 0) is 20.0 Å². The summed E-state index contributed by atoms with van der Waals surface area (Å²) >= 11 is 0. The van der Waals surface area contributed by atoms with Crippen LogP contribution in [0.4, 0.5) is 0 Å². The Hall–Kier alpha value is -1.09. The number of carbonyl (C=O) groups excluding carboxylic acids is 1. The highest BCUT2D eigenvalue weighted by Crippen LogP contribution is 2.11. The predicted molar refractivity (Wildman–Crippen MR) is 59.6 cm³/mol. The minimum Gasteiger partial charge on any atom is -0.469 e. The van der Waals surface area contributed by atoms with Crippen LogP contribution in [0, 0.1) is 12.8 Å². The number of hydrogen-bond acceptors (Lipinski definition) is 3. The molecule has 0 amide bonds. The van der Waals surface area contributed by atoms with E-state index in [1.165, 1.54) is 0 Å². The Morgan fingerprint density at radius 2 is 2.20 bits per heavy atom. The van der Waals surface area contributed by atoms with Crippen LogP contribution in [0.2, 0.25) is 0 Å². The van der Waals surface area contributed by atoms with E-state index in [0.717, 1.165) is 17.9 Å². The van der Waals surface area contributed by atoms with E-state index in [9.17, 15) is 4.79 Å². The molecule has 0 spiro atoms. The van der Waals surface area contributed by atoms with Gasteiger partial charge >= 0.3 is 0 Å². The molecule has 1 heterocycles. The first kappa shape index (κ1) is 12.0. The van der Waals surface area contributed by atoms with Gasteiger partial charge in [0.1, 0.15) is 11.5 Å². The Kier molecular flexibility index (Phi) is 4.09. The van der Waals surface area contributed by atoms with Crippen molar-refractivity contribution in [1.29, 1.82) is 0 Å². The number of likely N-dealkylation sites (N-methyl/N-ethyl adjacent to an activating group) is 1. The molecule has 0 atom stereocenters. The van der Waals surface area contributed by atoms with Gasteiger partial charge in [-0.3, -0.25) is 9.69 Å². The van der Waals surface area contributed by atoms with Gasteiger partial charge in [0.05, 0.1) is 12.8 Å². The van der Waals surface area contributed by atoms with Gasteiger partial charge in [-0.15, -0.1) is 0 Å². The fraction of sp³-hybridized carbons (Fsp3) is 0.583. The molecule has 0 N–H and O–H groups in total. The molecule has 0 saturated heterocycles. The van der Waals surface area contributed by atoms with Crippen molar-refractivity contribution in [1.82, 2.24) is 4.90 Å². The van der Waals surface area contributed by atoms with E-state index in [0.29, 0.717) is 6.54 Å². The number of rotatable bonds is 5. The number of furan rings is 1. The summed E-state index contributed by atoms with van der Waals surface area (Å²) in [7, 11) is 1.95. The third-order valence-electron chi connectivity index (χ3n) is 2.48. The van der Waals surface area contributed by atoms with Crippen LogP contribution in [0.5, 0.6) is 0 Å². The van der Waals surface area contributed by atoms with E-state index in [4.69, 9.17) is 4.42 Å². The second kappa shape index (κ2) is 5.12. The van der Waals surface area contributed by atoms with Crippen LogP contribution in [0.1, 0.15) is 25.2 Å². The van der Waals surface area contributed by atoms with Crippen LogP contribution >= 0.6 is 0 Å². The van der Waals surface area contributed by atoms with Crippen LogP contribution in [0.3, 0.4) is 0 Å². The first-order chi connectivity index (χ1) is 7.00. The minimum atomic E-state index is 0.109. The quantitative estimate of drug-likeness (QED) is 0.745. The zero-order valence-electron chi connectivity index (χ0n) is 9.91. The lowest BCUT2D eigenvalue weighted by Gasteiger charge is -2.16. The SMILES string of the molecule is Cc1occc1CN(C)CC(=O)C(C)C. The summed E-state index contributed by atoms with van der Waals surface area (Å²) in [6, 6.07) is 1.95. The molecule has 15 heavy (non-hydrogen) atoms. The molecule has 0 saturated carbocycles. The molecular weight excluding hydrogens is 190 g/mol. The minimum absolute atomic E-state index is 0.109. The molecule has 0 bridgehead atoms. The molecular formula is C12H19NO2. The number of carbonyl (C=O) groups is 1. The van der Waals surface area contributed by atoms with Crippen LogP contribution in [0.25, 0.3) is 0 Å². The first-order valence-corrected chi connectivity index (χ1v) is 5.25. The molecule has 0 fully saturated rings. The Balaban J connectivity index is 2.46. The topological polar surface area (TPSA) is 33.5 Å². The normalized spacial score (nSPS) is 11.3. The van der Waals surface area contributed by atoms with Crippen LogP contribution in [-0.2, 0) is 11.3 Å². The maximum absolute atomic E-state index is 11.5. The van der Waals surface area contributed by atoms with Gasteiger partial charge in [0.2, 0.25) is 0 Å². The highest BCUT2D eigenvalue weighted by Gasteiger charge is 2.12. The van der Waals surface area contributed by atoms with Crippen LogP contribution in [-0.4, -0.2) is 24.3 Å². The fourth-order valence-electron chi connectivity index (χ4n) is 1.37. The molecule has 0 aliphatic carbocycles. The van der Waals surface area contributed by atoms with E-state index in [1.807, 2.05) is 38.8 Å². The highest BCUT2D eigenvalue weighted by atomic mass is 16.3. The summed E-state index contributed by atoms with van der Waals surface area (Å²) < 4.78 is 5.21. The second-order valence-corrected chi connectivity index (χ2v) is 4.30. The standard InChI is InChI=1S/C12H19NO2/c1-9(2)12(14)8-13(4)7-11-5-6-15-10(11)3/h5-6,9H,7-8H2,1-4H3. The van der Waals surface area contributed by atoms with Crippen molar-refractivity contribution in [3.63, 3.8) is 0 Å². The molecule has 3 nitrogen and oxygen atoms in total. The summed E-state index contributed by atoms with van der Waals surface area (Å²) in [6.45, 7) is 7.06. The number of aryl methyl sites for hydroxylation is 1. The number of hydrogen-bond donors (Lipinski definition) is 0. The summed E-state index contributed by atoms with van der Waals surface area (Å²) in [5.74, 6) is 1.32. The van der Waals surface area contributed by atoms with Crippen molar-refractivity contribution in [3.05, 3.63) is 23.7 Å². The molecule has 1 rings (SSSR count). The maximum Gasteiger partial charge on any atom is 0.149 e. The largest absolute Gasteiger partial charge is 0.469 e. The number of Topliss-reactive ketones (excluding diaryl/α,β-unsaturated/α-hetero) is 1. The lowest BCUT2D eigenvalue weighted by atomic mass is 10.1. The van der Waals surface area contributed by atoms with Crippen molar-refractivity contribution < 1.29 is 9.21 Å². The molecule has 0 aliphatic heterocycles. The van der Waals surface area contributed by atoms with Crippen LogP contribution < -0.4 is 0 Å². The molecule has 3 heteroatoms. The van der Waals surface area contributed by atoms with Crippen molar-refractivity contribution in [2.75, 3.05) is 13.6 Å². The summed E-state index contributed by atoms with van der Waals surface area (Å²) in [6.07, 6.45) is 1.68. The van der Waals surface area contributed by atoms with Gasteiger partial charge in [0.25, 0.3) is 0 Å². The Morgan fingerprint density at radius 3 is 2.67 bits per heavy atom. The number of nitrogens with zero attached hydrogens (tertiary/aromatic N) is 1. The molecule has 84 valence electrons. The lowest BCUT2D eigenvalue weighted by Crippen LogP contribution is -2.28. The zero-order valence-corrected chi connectivity index (χ0v) is 9.91. The molecule has 0 aromatic carbocycles. The van der Waals surface area contributed by atoms with Crippen molar-refractivity contribution in [2.45, 2.75) is 27.3 Å². The van der Waals surface area contributed by atoms with E-state index in [-0.39, 0.29) is 11.7 Å². The Labute approximate surface area is 91.1 Å². The van der Waals surface area contributed by atoms with Gasteiger partial charge in [0.15, 0.2) is 0 Å². The lowest BCUT2D eigenvalue weighted by molar-refractivity contribution is -0.122. The third kappa shape index (κ3) is 3.51. The molecule has 0 unspecified atom stereocenters. The monoisotopic (exact) mass is 209 g/mol. The average Bonchev–Trinajstić information content (AvgIpc) is 2.51. The summed E-state index contributed by atoms with van der Waals surface area (Å²) in [5, 5.41) is 0. The molecule has 0 radical (unpaired) electrons. The second-order valence-electron chi connectivity index (χ2n) is 4.30. The van der Waals surface area contributed by atoms with Gasteiger partial charge in [0, 0.05) is 18.0 Å². The van der Waals surface area contributed by atoms with Crippen molar-refractivity contribution >= 4 is 5.78 Å². The Bertz CT molecular complexity index is 328. The van der Waals surface area contributed by atoms with E-state index in [1.54, 1.807) is 6.26 Å². The van der Waals surface area contributed by atoms with Gasteiger partial charge < -0.3 is 4.42 Å². The Morgan fingerprint density at radius 1 is 1.53 bits per heavy atom. The molecule has 1 aromatic rings. The third-order valence-corrected chi connectivity index (χ3v) is 2.48. The fourth-order valence-corrected chi connectivity index (χ4v) is 1.37. The summed E-state index contributed by atoms with van der Waals surface area (Å²) in [5.41, 5.74) is 1.15. The maximum atomic E-state index is 11.5. The van der Waals surface area contributed by atoms with Gasteiger partial charge in [-0.2, -0.15) is 0 Å². The van der Waals surface area contributed by atoms with E-state index >= 15 is 0 Å². The van der Waals surface area contributed by atoms with Crippen LogP contribution in [0.15, 0.2) is 16.7 Å². The average molecular weight is 209 g/mol. The van der Waals surface area contributed by atoms with Crippen molar-refractivity contribution in [2.24, 2.45) is 5.92 Å². The van der Waals surface area contributed by atoms with Crippen molar-refractivity contribution in [3.8, 4) is 0 Å². The smallest absolute Gasteiger partial charge is 0.149 e. The number of ketones is 1. The van der Waals surface area contributed by atoms with Gasteiger partial charge in [-0.1, -0.05) is 13.8 Å². The highest BCUT2D eigenvalue weighted by molar-refractivity contribution is 5.82. The summed E-state index contributed by atoms with van der Waals surface area (Å²) in [4.78, 5) is 13.5. The van der Waals surface area contributed by atoms with E-state index in [2.05, 4.69) is 0 Å². The van der Waals surface area contributed by atoms with E-state index < -0.39 is 0 Å². The zero-order chi connectivity index (χ0) is 11.4. The molecule has 0 aliphatic rings. The predicted octanol–water partition coefficient (Wildman–Crippen LogP) is 2.24. The first-order valence-electron chi connectivity index (χ1n) is 5.25. The molecule has 1 aromatic heterocycles. The van der Waals surface area contributed by atoms with Gasteiger partial charge in [-0.25, -0.2) is 0 Å².